The van der Waals surface area contributed by atoms with Crippen LogP contribution in [-0.4, -0.2) is 46.3 Å². The van der Waals surface area contributed by atoms with E-state index >= 15 is 0 Å². The number of hydrogen-bond acceptors (Lipinski definition) is 5. The van der Waals surface area contributed by atoms with Crippen molar-refractivity contribution in [3.8, 4) is 0 Å². The first kappa shape index (κ1) is 13.9. The van der Waals surface area contributed by atoms with E-state index in [9.17, 15) is 19.2 Å². The van der Waals surface area contributed by atoms with E-state index in [1.807, 2.05) is 0 Å². The van der Waals surface area contributed by atoms with Crippen LogP contribution in [0.15, 0.2) is 0 Å². The molecule has 8 nitrogen and oxygen atoms in total. The summed E-state index contributed by atoms with van der Waals surface area (Å²) in [5.41, 5.74) is 0. The molecule has 1 aliphatic rings. The van der Waals surface area contributed by atoms with Crippen LogP contribution in [0.4, 0.5) is 0 Å². The van der Waals surface area contributed by atoms with Gasteiger partial charge >= 0.3 is 23.9 Å². The van der Waals surface area contributed by atoms with Crippen LogP contribution in [0.25, 0.3) is 0 Å². The van der Waals surface area contributed by atoms with Crippen molar-refractivity contribution >= 4 is 23.9 Å². The van der Waals surface area contributed by atoms with E-state index in [0.29, 0.717) is 0 Å². The lowest BCUT2D eigenvalue weighted by Gasteiger charge is -2.18. The molecule has 0 aromatic rings. The standard InChI is InChI=1S/C10H12O8/c1-18-10(17)6-4(8(13)14)2-3(7(11)12)5(6)9(15)16/h3-6H,2H2,1H3,(H,11,12)(H,13,14)(H,15,16). The maximum absolute atomic E-state index is 11.5. The molecular weight excluding hydrogens is 248 g/mol. The number of methoxy groups -OCH3 is 1. The number of ether oxygens (including phenoxy) is 1. The van der Waals surface area contributed by atoms with E-state index in [1.165, 1.54) is 0 Å². The molecule has 4 unspecified atom stereocenters. The van der Waals surface area contributed by atoms with Crippen molar-refractivity contribution in [3.05, 3.63) is 0 Å². The molecule has 0 bridgehead atoms. The number of esters is 1. The largest absolute Gasteiger partial charge is 0.481 e. The Hall–Kier alpha value is -2.12. The van der Waals surface area contributed by atoms with Crippen LogP contribution in [0.3, 0.4) is 0 Å². The van der Waals surface area contributed by atoms with Crippen molar-refractivity contribution in [2.24, 2.45) is 23.7 Å². The maximum Gasteiger partial charge on any atom is 0.310 e. The molecule has 0 saturated heterocycles. The van der Waals surface area contributed by atoms with Gasteiger partial charge in [-0.1, -0.05) is 0 Å². The van der Waals surface area contributed by atoms with Gasteiger partial charge in [-0.05, 0) is 6.42 Å². The van der Waals surface area contributed by atoms with Crippen molar-refractivity contribution in [1.29, 1.82) is 0 Å². The van der Waals surface area contributed by atoms with E-state index < -0.39 is 54.0 Å². The summed E-state index contributed by atoms with van der Waals surface area (Å²) in [4.78, 5) is 44.4. The van der Waals surface area contributed by atoms with Gasteiger partial charge in [-0.15, -0.1) is 0 Å². The summed E-state index contributed by atoms with van der Waals surface area (Å²) in [6.45, 7) is 0. The molecule has 3 N–H and O–H groups in total. The van der Waals surface area contributed by atoms with Gasteiger partial charge in [0.25, 0.3) is 0 Å². The van der Waals surface area contributed by atoms with Gasteiger partial charge in [-0.3, -0.25) is 19.2 Å². The quantitative estimate of drug-likeness (QED) is 0.563. The van der Waals surface area contributed by atoms with Gasteiger partial charge in [-0.2, -0.15) is 0 Å². The number of aliphatic carboxylic acids is 3. The number of hydrogen-bond donors (Lipinski definition) is 3. The molecule has 1 aliphatic carbocycles. The third-order valence-electron chi connectivity index (χ3n) is 3.15. The average molecular weight is 260 g/mol. The van der Waals surface area contributed by atoms with E-state index in [2.05, 4.69) is 4.74 Å². The molecule has 0 heterocycles. The molecule has 4 atom stereocenters. The molecule has 0 aromatic heterocycles. The monoisotopic (exact) mass is 260 g/mol. The molecule has 0 spiro atoms. The van der Waals surface area contributed by atoms with Gasteiger partial charge < -0.3 is 20.1 Å². The lowest BCUT2D eigenvalue weighted by molar-refractivity contribution is -0.162. The van der Waals surface area contributed by atoms with Crippen LogP contribution in [0.2, 0.25) is 0 Å². The number of carboxylic acids is 3. The second kappa shape index (κ2) is 5.03. The Morgan fingerprint density at radius 2 is 1.33 bits per heavy atom. The predicted molar refractivity (Wildman–Crippen MR) is 53.5 cm³/mol. The number of carboxylic acid groups (broad SMARTS) is 3. The summed E-state index contributed by atoms with van der Waals surface area (Å²) >= 11 is 0. The number of rotatable bonds is 4. The van der Waals surface area contributed by atoms with Gasteiger partial charge in [-0.25, -0.2) is 0 Å². The zero-order chi connectivity index (χ0) is 14.0. The number of carbonyl (C=O) groups excluding carboxylic acids is 1. The van der Waals surface area contributed by atoms with Crippen LogP contribution < -0.4 is 0 Å². The highest BCUT2D eigenvalue weighted by Gasteiger charge is 2.56. The van der Waals surface area contributed by atoms with Gasteiger partial charge in [0.1, 0.15) is 0 Å². The Bertz CT molecular complexity index is 401. The zero-order valence-electron chi connectivity index (χ0n) is 9.40. The topological polar surface area (TPSA) is 138 Å². The SMILES string of the molecule is COC(=O)C1C(C(=O)O)CC(C(=O)O)C1C(=O)O. The Balaban J connectivity index is 3.19. The minimum atomic E-state index is -1.59. The van der Waals surface area contributed by atoms with Crippen LogP contribution in [0.1, 0.15) is 6.42 Å². The van der Waals surface area contributed by atoms with Crippen molar-refractivity contribution < 1.29 is 39.2 Å². The molecular formula is C10H12O8. The Morgan fingerprint density at radius 3 is 1.67 bits per heavy atom. The summed E-state index contributed by atoms with van der Waals surface area (Å²) in [6, 6.07) is 0. The minimum absolute atomic E-state index is 0.401. The highest BCUT2D eigenvalue weighted by Crippen LogP contribution is 2.43. The maximum atomic E-state index is 11.5. The summed E-state index contributed by atoms with van der Waals surface area (Å²) in [7, 11) is 0.994. The normalized spacial score (nSPS) is 30.7. The fraction of sp³-hybridized carbons (Fsp3) is 0.600. The van der Waals surface area contributed by atoms with E-state index in [4.69, 9.17) is 15.3 Å². The zero-order valence-corrected chi connectivity index (χ0v) is 9.40. The molecule has 1 fully saturated rings. The van der Waals surface area contributed by atoms with Crippen molar-refractivity contribution in [1.82, 2.24) is 0 Å². The third-order valence-corrected chi connectivity index (χ3v) is 3.15. The molecule has 100 valence electrons. The second-order valence-electron chi connectivity index (χ2n) is 4.04. The fourth-order valence-electron chi connectivity index (χ4n) is 2.35. The van der Waals surface area contributed by atoms with E-state index in [1.54, 1.807) is 0 Å². The molecule has 1 rings (SSSR count). The molecule has 0 amide bonds. The Morgan fingerprint density at radius 1 is 0.889 bits per heavy atom. The lowest BCUT2D eigenvalue weighted by Crippen LogP contribution is -2.36. The summed E-state index contributed by atoms with van der Waals surface area (Å²) in [5, 5.41) is 26.8. The molecule has 0 aromatic carbocycles. The van der Waals surface area contributed by atoms with E-state index in [0.717, 1.165) is 7.11 Å². The van der Waals surface area contributed by atoms with Gasteiger partial charge in [0, 0.05) is 0 Å². The predicted octanol–water partition coefficient (Wildman–Crippen LogP) is -0.718. The Labute approximate surface area is 101 Å². The Kier molecular flexibility index (Phi) is 3.89. The summed E-state index contributed by atoms with van der Waals surface area (Å²) in [5.74, 6) is -11.2. The molecule has 0 radical (unpaired) electrons. The lowest BCUT2D eigenvalue weighted by atomic mass is 9.87. The van der Waals surface area contributed by atoms with Gasteiger partial charge in [0.05, 0.1) is 30.8 Å². The molecule has 1 saturated carbocycles. The second-order valence-corrected chi connectivity index (χ2v) is 4.04. The minimum Gasteiger partial charge on any atom is -0.481 e. The molecule has 18 heavy (non-hydrogen) atoms. The van der Waals surface area contributed by atoms with Crippen LogP contribution >= 0.6 is 0 Å². The molecule has 0 aliphatic heterocycles. The third kappa shape index (κ3) is 2.27. The first-order valence-corrected chi connectivity index (χ1v) is 5.07. The molecule has 8 heteroatoms. The average Bonchev–Trinajstić information content (AvgIpc) is 2.68. The fourth-order valence-corrected chi connectivity index (χ4v) is 2.35. The van der Waals surface area contributed by atoms with Crippen LogP contribution in [0.5, 0.6) is 0 Å². The first-order valence-electron chi connectivity index (χ1n) is 5.07. The van der Waals surface area contributed by atoms with Crippen molar-refractivity contribution in [2.45, 2.75) is 6.42 Å². The van der Waals surface area contributed by atoms with Gasteiger partial charge in [0.2, 0.25) is 0 Å². The van der Waals surface area contributed by atoms with Gasteiger partial charge in [0.15, 0.2) is 0 Å². The van der Waals surface area contributed by atoms with Crippen LogP contribution in [-0.2, 0) is 23.9 Å². The smallest absolute Gasteiger partial charge is 0.310 e. The number of carbonyl (C=O) groups is 4. The highest BCUT2D eigenvalue weighted by molar-refractivity contribution is 5.91. The first-order chi connectivity index (χ1) is 8.31. The summed E-state index contributed by atoms with van der Waals surface area (Å²) < 4.78 is 4.36. The van der Waals surface area contributed by atoms with Crippen molar-refractivity contribution in [2.75, 3.05) is 7.11 Å². The van der Waals surface area contributed by atoms with E-state index in [-0.39, 0.29) is 0 Å². The van der Waals surface area contributed by atoms with Crippen LogP contribution in [0, 0.1) is 23.7 Å². The summed E-state index contributed by atoms with van der Waals surface area (Å²) in [6.07, 6.45) is -0.401. The van der Waals surface area contributed by atoms with Crippen molar-refractivity contribution in [3.63, 3.8) is 0 Å². The highest BCUT2D eigenvalue weighted by atomic mass is 16.5.